The Morgan fingerprint density at radius 2 is 1.86 bits per heavy atom. The van der Waals surface area contributed by atoms with Gasteiger partial charge in [0.25, 0.3) is 0 Å². The fraction of sp³-hybridized carbons (Fsp3) is 0.333. The summed E-state index contributed by atoms with van der Waals surface area (Å²) in [5.41, 5.74) is 2.52. The molecule has 2 rings (SSSR count). The minimum atomic E-state index is 0.275. The minimum Gasteiger partial charge on any atom is -0.494 e. The lowest BCUT2D eigenvalue weighted by Crippen LogP contribution is -2.23. The van der Waals surface area contributed by atoms with Crippen molar-refractivity contribution < 1.29 is 4.74 Å². The van der Waals surface area contributed by atoms with Crippen LogP contribution in [0, 0.1) is 0 Å². The molecule has 0 aliphatic carbocycles. The minimum absolute atomic E-state index is 0.275. The van der Waals surface area contributed by atoms with E-state index in [1.165, 1.54) is 11.1 Å². The van der Waals surface area contributed by atoms with Gasteiger partial charge in [-0.2, -0.15) is 0 Å². The molecule has 0 amide bonds. The van der Waals surface area contributed by atoms with Crippen molar-refractivity contribution >= 4 is 11.6 Å². The van der Waals surface area contributed by atoms with Gasteiger partial charge in [-0.15, -0.1) is 0 Å². The number of ether oxygens (including phenoxy) is 1. The smallest absolute Gasteiger partial charge is 0.119 e. The molecule has 0 saturated heterocycles. The van der Waals surface area contributed by atoms with Crippen molar-refractivity contribution in [3.63, 3.8) is 0 Å². The van der Waals surface area contributed by atoms with Crippen molar-refractivity contribution in [3.8, 4) is 5.75 Å². The summed E-state index contributed by atoms with van der Waals surface area (Å²) in [6, 6.07) is 16.6. The monoisotopic (exact) mass is 303 g/mol. The molecule has 3 heteroatoms. The molecule has 0 aliphatic rings. The highest BCUT2D eigenvalue weighted by Gasteiger charge is 2.12. The normalized spacial score (nSPS) is 12.1. The van der Waals surface area contributed by atoms with Gasteiger partial charge in [-0.3, -0.25) is 0 Å². The maximum absolute atomic E-state index is 5.95. The first-order valence-electron chi connectivity index (χ1n) is 7.43. The zero-order valence-corrected chi connectivity index (χ0v) is 13.4. The fourth-order valence-electron chi connectivity index (χ4n) is 2.40. The average Bonchev–Trinajstić information content (AvgIpc) is 2.50. The second-order valence-electron chi connectivity index (χ2n) is 4.95. The SMILES string of the molecule is CCNC(Cc1ccc(Cl)cc1)c1cccc(OCC)c1. The molecule has 1 unspecified atom stereocenters. The molecule has 2 aromatic rings. The molecule has 112 valence electrons. The molecule has 21 heavy (non-hydrogen) atoms. The van der Waals surface area contributed by atoms with Crippen LogP contribution in [0.1, 0.15) is 31.0 Å². The van der Waals surface area contributed by atoms with Crippen LogP contribution in [-0.4, -0.2) is 13.2 Å². The van der Waals surface area contributed by atoms with Crippen molar-refractivity contribution in [2.45, 2.75) is 26.3 Å². The van der Waals surface area contributed by atoms with E-state index in [-0.39, 0.29) is 6.04 Å². The molecule has 2 nitrogen and oxygen atoms in total. The topological polar surface area (TPSA) is 21.3 Å². The highest BCUT2D eigenvalue weighted by molar-refractivity contribution is 6.30. The van der Waals surface area contributed by atoms with Crippen molar-refractivity contribution in [2.24, 2.45) is 0 Å². The summed E-state index contributed by atoms with van der Waals surface area (Å²) < 4.78 is 5.60. The van der Waals surface area contributed by atoms with Crippen LogP contribution in [0.2, 0.25) is 5.02 Å². The Balaban J connectivity index is 2.17. The van der Waals surface area contributed by atoms with Gasteiger partial charge in [-0.25, -0.2) is 0 Å². The quantitative estimate of drug-likeness (QED) is 0.805. The molecule has 2 aromatic carbocycles. The van der Waals surface area contributed by atoms with E-state index in [1.54, 1.807) is 0 Å². The number of halogens is 1. The zero-order chi connectivity index (χ0) is 15.1. The van der Waals surface area contributed by atoms with Crippen molar-refractivity contribution in [1.82, 2.24) is 5.32 Å². The molecule has 0 spiro atoms. The van der Waals surface area contributed by atoms with E-state index in [0.717, 1.165) is 23.7 Å². The predicted octanol–water partition coefficient (Wildman–Crippen LogP) is 4.63. The van der Waals surface area contributed by atoms with E-state index in [9.17, 15) is 0 Å². The average molecular weight is 304 g/mol. The van der Waals surface area contributed by atoms with Gasteiger partial charge in [0.2, 0.25) is 0 Å². The lowest BCUT2D eigenvalue weighted by Gasteiger charge is -2.19. The van der Waals surface area contributed by atoms with Crippen LogP contribution >= 0.6 is 11.6 Å². The highest BCUT2D eigenvalue weighted by atomic mass is 35.5. The van der Waals surface area contributed by atoms with Crippen molar-refractivity contribution in [3.05, 3.63) is 64.7 Å². The van der Waals surface area contributed by atoms with Crippen LogP contribution in [0.5, 0.6) is 5.75 Å². The lowest BCUT2D eigenvalue weighted by atomic mass is 9.98. The Morgan fingerprint density at radius 1 is 1.10 bits per heavy atom. The standard InChI is InChI=1S/C18H22ClNO/c1-3-20-18(12-14-8-10-16(19)11-9-14)15-6-5-7-17(13-15)21-4-2/h5-11,13,18,20H,3-4,12H2,1-2H3. The van der Waals surface area contributed by atoms with Gasteiger partial charge in [0.15, 0.2) is 0 Å². The third-order valence-electron chi connectivity index (χ3n) is 3.38. The van der Waals surface area contributed by atoms with Gasteiger partial charge in [-0.05, 0) is 55.3 Å². The molecule has 0 bridgehead atoms. The third-order valence-corrected chi connectivity index (χ3v) is 3.63. The predicted molar refractivity (Wildman–Crippen MR) is 89.2 cm³/mol. The maximum Gasteiger partial charge on any atom is 0.119 e. The van der Waals surface area contributed by atoms with E-state index >= 15 is 0 Å². The van der Waals surface area contributed by atoms with Crippen LogP contribution in [0.15, 0.2) is 48.5 Å². The lowest BCUT2D eigenvalue weighted by molar-refractivity contribution is 0.339. The molecule has 0 aromatic heterocycles. The second-order valence-corrected chi connectivity index (χ2v) is 5.38. The summed E-state index contributed by atoms with van der Waals surface area (Å²) in [5, 5.41) is 4.32. The van der Waals surface area contributed by atoms with E-state index in [1.807, 2.05) is 31.2 Å². The van der Waals surface area contributed by atoms with Crippen LogP contribution in [0.4, 0.5) is 0 Å². The number of benzene rings is 2. The molecule has 0 aliphatic heterocycles. The van der Waals surface area contributed by atoms with Crippen molar-refractivity contribution in [2.75, 3.05) is 13.2 Å². The van der Waals surface area contributed by atoms with E-state index in [0.29, 0.717) is 6.61 Å². The van der Waals surface area contributed by atoms with E-state index in [2.05, 4.69) is 36.5 Å². The summed E-state index contributed by atoms with van der Waals surface area (Å²) in [5.74, 6) is 0.925. The first-order chi connectivity index (χ1) is 10.2. The molecule has 0 heterocycles. The summed E-state index contributed by atoms with van der Waals surface area (Å²) in [6.07, 6.45) is 0.931. The number of hydrogen-bond donors (Lipinski definition) is 1. The van der Waals surface area contributed by atoms with E-state index < -0.39 is 0 Å². The van der Waals surface area contributed by atoms with Crippen LogP contribution < -0.4 is 10.1 Å². The number of rotatable bonds is 7. The first kappa shape index (κ1) is 15.9. The van der Waals surface area contributed by atoms with Gasteiger partial charge in [0.05, 0.1) is 6.61 Å². The molecule has 1 N–H and O–H groups in total. The molecule has 0 fully saturated rings. The Kier molecular flexibility index (Phi) is 6.09. The molecule has 0 saturated carbocycles. The Labute approximate surface area is 132 Å². The van der Waals surface area contributed by atoms with Gasteiger partial charge in [0, 0.05) is 11.1 Å². The Bertz CT molecular complexity index is 553. The second kappa shape index (κ2) is 8.06. The highest BCUT2D eigenvalue weighted by Crippen LogP contribution is 2.23. The van der Waals surface area contributed by atoms with Gasteiger partial charge < -0.3 is 10.1 Å². The molecule has 1 atom stereocenters. The molecular weight excluding hydrogens is 282 g/mol. The van der Waals surface area contributed by atoms with Crippen LogP contribution in [-0.2, 0) is 6.42 Å². The maximum atomic E-state index is 5.95. The summed E-state index contributed by atoms with van der Waals surface area (Å²) in [6.45, 7) is 5.74. The molecular formula is C18H22ClNO. The Hall–Kier alpha value is -1.51. The summed E-state index contributed by atoms with van der Waals surface area (Å²) in [7, 11) is 0. The Morgan fingerprint density at radius 3 is 2.52 bits per heavy atom. The summed E-state index contributed by atoms with van der Waals surface area (Å²) in [4.78, 5) is 0. The number of hydrogen-bond acceptors (Lipinski definition) is 2. The van der Waals surface area contributed by atoms with Gasteiger partial charge in [0.1, 0.15) is 5.75 Å². The van der Waals surface area contributed by atoms with Gasteiger partial charge >= 0.3 is 0 Å². The van der Waals surface area contributed by atoms with Crippen LogP contribution in [0.3, 0.4) is 0 Å². The van der Waals surface area contributed by atoms with E-state index in [4.69, 9.17) is 16.3 Å². The first-order valence-corrected chi connectivity index (χ1v) is 7.81. The number of likely N-dealkylation sites (N-methyl/N-ethyl adjacent to an activating group) is 1. The molecule has 0 radical (unpaired) electrons. The van der Waals surface area contributed by atoms with Crippen molar-refractivity contribution in [1.29, 1.82) is 0 Å². The van der Waals surface area contributed by atoms with Gasteiger partial charge in [-0.1, -0.05) is 42.8 Å². The number of nitrogens with one attached hydrogen (secondary N) is 1. The largest absolute Gasteiger partial charge is 0.494 e. The zero-order valence-electron chi connectivity index (χ0n) is 12.6. The fourth-order valence-corrected chi connectivity index (χ4v) is 2.52. The van der Waals surface area contributed by atoms with Crippen LogP contribution in [0.25, 0.3) is 0 Å². The third kappa shape index (κ3) is 4.76. The summed E-state index contributed by atoms with van der Waals surface area (Å²) >= 11 is 5.95.